The Morgan fingerprint density at radius 3 is 2.65 bits per heavy atom. The van der Waals surface area contributed by atoms with Gasteiger partial charge in [-0.3, -0.25) is 19.3 Å². The summed E-state index contributed by atoms with van der Waals surface area (Å²) < 4.78 is 20.4. The van der Waals surface area contributed by atoms with E-state index in [0.717, 1.165) is 38.0 Å². The first-order chi connectivity index (χ1) is 18.0. The van der Waals surface area contributed by atoms with E-state index < -0.39 is 5.91 Å². The molecule has 2 aromatic carbocycles. The van der Waals surface area contributed by atoms with Crippen molar-refractivity contribution in [1.82, 2.24) is 14.8 Å². The van der Waals surface area contributed by atoms with Gasteiger partial charge in [0.05, 0.1) is 18.0 Å². The maximum absolute atomic E-state index is 13.0. The van der Waals surface area contributed by atoms with E-state index in [2.05, 4.69) is 5.32 Å². The first kappa shape index (κ1) is 24.8. The van der Waals surface area contributed by atoms with E-state index in [0.29, 0.717) is 17.2 Å². The Hall–Kier alpha value is -3.89. The summed E-state index contributed by atoms with van der Waals surface area (Å²) in [5.41, 5.74) is 1.60. The van der Waals surface area contributed by atoms with Gasteiger partial charge in [0, 0.05) is 27.5 Å². The summed E-state index contributed by atoms with van der Waals surface area (Å²) >= 11 is 2.45. The van der Waals surface area contributed by atoms with Crippen molar-refractivity contribution in [2.45, 2.75) is 13.1 Å². The molecule has 10 heteroatoms. The van der Waals surface area contributed by atoms with E-state index >= 15 is 0 Å². The summed E-state index contributed by atoms with van der Waals surface area (Å²) in [5.74, 6) is -0.439. The Bertz CT molecular complexity index is 1480. The molecule has 1 aliphatic rings. The van der Waals surface area contributed by atoms with E-state index in [1.165, 1.54) is 24.3 Å². The third-order valence-corrected chi connectivity index (χ3v) is 7.51. The van der Waals surface area contributed by atoms with Gasteiger partial charge in [-0.05, 0) is 59.6 Å². The van der Waals surface area contributed by atoms with Gasteiger partial charge >= 0.3 is 0 Å². The highest BCUT2D eigenvalue weighted by Gasteiger charge is 2.35. The highest BCUT2D eigenvalue weighted by molar-refractivity contribution is 8.18. The molecule has 37 heavy (non-hydrogen) atoms. The molecule has 0 saturated carbocycles. The third kappa shape index (κ3) is 5.76. The molecule has 5 rings (SSSR count). The minimum Gasteiger partial charge on any atom is -0.492 e. The van der Waals surface area contributed by atoms with Crippen LogP contribution >= 0.6 is 23.1 Å². The molecule has 0 unspecified atom stereocenters. The van der Waals surface area contributed by atoms with Gasteiger partial charge in [0.1, 0.15) is 24.7 Å². The van der Waals surface area contributed by atoms with Gasteiger partial charge in [0.25, 0.3) is 11.1 Å². The first-order valence-electron chi connectivity index (χ1n) is 11.5. The average molecular weight is 536 g/mol. The summed E-state index contributed by atoms with van der Waals surface area (Å²) in [6.45, 7) is 0.769. The Labute approximate surface area is 220 Å². The average Bonchev–Trinajstić information content (AvgIpc) is 3.60. The number of thioether (sulfide) groups is 1. The molecule has 0 aliphatic carbocycles. The standard InChI is InChI=1S/C27H22FN3O4S2/c28-19-7-9-20(10-8-19)35-12-11-31-26(33)24(37-27(31)34)14-18-16-30(23-6-2-1-5-22(18)23)17-25(32)29-15-21-4-3-13-36-21/h1-10,13-14,16H,11-12,15,17H2,(H,29,32)/b24-14-. The summed E-state index contributed by atoms with van der Waals surface area (Å²) in [6.07, 6.45) is 3.51. The molecule has 1 saturated heterocycles. The van der Waals surface area contributed by atoms with E-state index in [9.17, 15) is 18.8 Å². The molecule has 188 valence electrons. The van der Waals surface area contributed by atoms with Gasteiger partial charge in [0.2, 0.25) is 5.91 Å². The number of benzene rings is 2. The number of thiophene rings is 1. The van der Waals surface area contributed by atoms with Crippen LogP contribution in [-0.4, -0.2) is 39.7 Å². The van der Waals surface area contributed by atoms with Crippen LogP contribution < -0.4 is 10.1 Å². The zero-order chi connectivity index (χ0) is 25.8. The SMILES string of the molecule is O=C(Cn1cc(/C=C2\SC(=O)N(CCOc3ccc(F)cc3)C2=O)c2ccccc21)NCc1cccs1. The highest BCUT2D eigenvalue weighted by Crippen LogP contribution is 2.34. The van der Waals surface area contributed by atoms with E-state index in [-0.39, 0.29) is 36.7 Å². The number of halogens is 1. The Kier molecular flexibility index (Phi) is 7.38. The van der Waals surface area contributed by atoms with Crippen molar-refractivity contribution >= 4 is 57.1 Å². The summed E-state index contributed by atoms with van der Waals surface area (Å²) in [7, 11) is 0. The van der Waals surface area contributed by atoms with Crippen molar-refractivity contribution < 1.29 is 23.5 Å². The number of rotatable bonds is 9. The monoisotopic (exact) mass is 535 g/mol. The smallest absolute Gasteiger partial charge is 0.293 e. The van der Waals surface area contributed by atoms with Crippen molar-refractivity contribution in [2.75, 3.05) is 13.2 Å². The van der Waals surface area contributed by atoms with Gasteiger partial charge in [-0.15, -0.1) is 11.3 Å². The maximum Gasteiger partial charge on any atom is 0.293 e. The lowest BCUT2D eigenvalue weighted by molar-refractivity contribution is -0.123. The normalized spacial score (nSPS) is 14.6. The molecule has 1 N–H and O–H groups in total. The summed E-state index contributed by atoms with van der Waals surface area (Å²) in [6, 6.07) is 17.1. The third-order valence-electron chi connectivity index (χ3n) is 5.73. The van der Waals surface area contributed by atoms with Crippen molar-refractivity contribution in [3.8, 4) is 5.75 Å². The summed E-state index contributed by atoms with van der Waals surface area (Å²) in [4.78, 5) is 40.6. The molecule has 3 heterocycles. The molecule has 0 spiro atoms. The van der Waals surface area contributed by atoms with Crippen LogP contribution in [0.5, 0.6) is 5.75 Å². The lowest BCUT2D eigenvalue weighted by Crippen LogP contribution is -2.32. The maximum atomic E-state index is 13.0. The molecule has 0 radical (unpaired) electrons. The van der Waals surface area contributed by atoms with Crippen molar-refractivity contribution in [2.24, 2.45) is 0 Å². The van der Waals surface area contributed by atoms with Crippen molar-refractivity contribution in [1.29, 1.82) is 0 Å². The highest BCUT2D eigenvalue weighted by atomic mass is 32.2. The number of hydrogen-bond donors (Lipinski definition) is 1. The van der Waals surface area contributed by atoms with Crippen LogP contribution in [0.25, 0.3) is 17.0 Å². The predicted molar refractivity (Wildman–Crippen MR) is 143 cm³/mol. The lowest BCUT2D eigenvalue weighted by Gasteiger charge is -2.13. The molecule has 3 amide bonds. The second-order valence-electron chi connectivity index (χ2n) is 8.22. The lowest BCUT2D eigenvalue weighted by atomic mass is 10.1. The molecule has 4 aromatic rings. The zero-order valence-electron chi connectivity index (χ0n) is 19.6. The molecule has 0 bridgehead atoms. The van der Waals surface area contributed by atoms with Gasteiger partial charge in [-0.2, -0.15) is 0 Å². The number of nitrogens with one attached hydrogen (secondary N) is 1. The van der Waals surface area contributed by atoms with Crippen LogP contribution in [0.1, 0.15) is 10.4 Å². The van der Waals surface area contributed by atoms with Gasteiger partial charge in [-0.1, -0.05) is 24.3 Å². The molecule has 0 atom stereocenters. The molecule has 2 aromatic heterocycles. The van der Waals surface area contributed by atoms with Crippen LogP contribution in [0, 0.1) is 5.82 Å². The van der Waals surface area contributed by atoms with Crippen LogP contribution in [0.4, 0.5) is 9.18 Å². The molecule has 7 nitrogen and oxygen atoms in total. The fraction of sp³-hybridized carbons (Fsp3) is 0.148. The molecule has 1 aliphatic heterocycles. The van der Waals surface area contributed by atoms with Crippen LogP contribution in [0.2, 0.25) is 0 Å². The Morgan fingerprint density at radius 2 is 1.86 bits per heavy atom. The summed E-state index contributed by atoms with van der Waals surface area (Å²) in [5, 5.41) is 5.39. The van der Waals surface area contributed by atoms with Crippen LogP contribution in [0.3, 0.4) is 0 Å². The van der Waals surface area contributed by atoms with E-state index in [1.54, 1.807) is 17.4 Å². The van der Waals surface area contributed by atoms with Crippen LogP contribution in [0.15, 0.2) is 77.1 Å². The number of amides is 3. The first-order valence-corrected chi connectivity index (χ1v) is 13.2. The number of imide groups is 1. The van der Waals surface area contributed by atoms with Gasteiger partial charge in [0.15, 0.2) is 0 Å². The number of aromatic nitrogens is 1. The number of carbonyl (C=O) groups is 3. The number of ether oxygens (including phenoxy) is 1. The van der Waals surface area contributed by atoms with E-state index in [1.807, 2.05) is 52.5 Å². The number of hydrogen-bond acceptors (Lipinski definition) is 6. The Morgan fingerprint density at radius 1 is 1.05 bits per heavy atom. The van der Waals surface area contributed by atoms with Gasteiger partial charge in [-0.25, -0.2) is 4.39 Å². The number of carbonyl (C=O) groups excluding carboxylic acids is 3. The van der Waals surface area contributed by atoms with Crippen LogP contribution in [-0.2, 0) is 22.7 Å². The molecular weight excluding hydrogens is 513 g/mol. The minimum atomic E-state index is -0.400. The molecule has 1 fully saturated rings. The second kappa shape index (κ2) is 11.0. The largest absolute Gasteiger partial charge is 0.492 e. The van der Waals surface area contributed by atoms with Crippen molar-refractivity contribution in [3.05, 3.63) is 93.4 Å². The number of para-hydroxylation sites is 1. The number of nitrogens with zero attached hydrogens (tertiary/aromatic N) is 2. The minimum absolute atomic E-state index is 0.0750. The van der Waals surface area contributed by atoms with E-state index in [4.69, 9.17) is 4.74 Å². The second-order valence-corrected chi connectivity index (χ2v) is 10.2. The van der Waals surface area contributed by atoms with Gasteiger partial charge < -0.3 is 14.6 Å². The van der Waals surface area contributed by atoms with Crippen molar-refractivity contribution in [3.63, 3.8) is 0 Å². The quantitative estimate of drug-likeness (QED) is 0.295. The molecular formula is C27H22FN3O4S2. The predicted octanol–water partition coefficient (Wildman–Crippen LogP) is 5.27. The fourth-order valence-electron chi connectivity index (χ4n) is 3.95. The zero-order valence-corrected chi connectivity index (χ0v) is 21.2. The number of fused-ring (bicyclic) bond motifs is 1. The topological polar surface area (TPSA) is 80.6 Å². The Balaban J connectivity index is 1.28. The fourth-order valence-corrected chi connectivity index (χ4v) is 5.45.